The maximum absolute atomic E-state index is 11.4. The first-order chi connectivity index (χ1) is 9.96. The third kappa shape index (κ3) is 4.96. The molecule has 0 unspecified atom stereocenters. The number of pyridine rings is 1. The first kappa shape index (κ1) is 15.7. The van der Waals surface area contributed by atoms with Crippen LogP contribution < -0.4 is 9.62 Å². The molecule has 0 saturated carbocycles. The normalized spacial score (nSPS) is 15.9. The van der Waals surface area contributed by atoms with Crippen LogP contribution in [0.1, 0.15) is 5.56 Å². The summed E-state index contributed by atoms with van der Waals surface area (Å²) in [5, 5.41) is 8.48. The number of ether oxygens (including phenoxy) is 1. The van der Waals surface area contributed by atoms with E-state index in [1.807, 2.05) is 6.07 Å². The molecule has 0 atom stereocenters. The van der Waals surface area contributed by atoms with E-state index < -0.39 is 21.7 Å². The van der Waals surface area contributed by atoms with Crippen molar-refractivity contribution in [2.75, 3.05) is 37.0 Å². The molecule has 0 radical (unpaired) electrons. The average molecular weight is 315 g/mol. The molecule has 0 amide bonds. The van der Waals surface area contributed by atoms with E-state index in [1.54, 1.807) is 12.3 Å². The predicted octanol–water partition coefficient (Wildman–Crippen LogP) is -0.578. The molecule has 2 rings (SSSR count). The number of morpholine rings is 1. The summed E-state index contributed by atoms with van der Waals surface area (Å²) in [4.78, 5) is 16.8. The quantitative estimate of drug-likeness (QED) is 0.723. The SMILES string of the molecule is O=C(O)CS(=O)(=O)NCc1ccc(N2CCOCC2)nc1. The zero-order chi connectivity index (χ0) is 15.3. The Hall–Kier alpha value is -1.71. The zero-order valence-electron chi connectivity index (χ0n) is 11.4. The Bertz CT molecular complexity index is 581. The number of hydrogen-bond donors (Lipinski definition) is 2. The van der Waals surface area contributed by atoms with Crippen LogP contribution in [0.3, 0.4) is 0 Å². The largest absolute Gasteiger partial charge is 0.480 e. The lowest BCUT2D eigenvalue weighted by molar-refractivity contribution is -0.134. The number of aromatic nitrogens is 1. The van der Waals surface area contributed by atoms with E-state index in [0.717, 1.165) is 18.9 Å². The van der Waals surface area contributed by atoms with Crippen molar-refractivity contribution in [3.63, 3.8) is 0 Å². The highest BCUT2D eigenvalue weighted by atomic mass is 32.2. The molecule has 1 aliphatic heterocycles. The Balaban J connectivity index is 1.92. The van der Waals surface area contributed by atoms with Crippen molar-refractivity contribution in [1.29, 1.82) is 0 Å². The van der Waals surface area contributed by atoms with Crippen LogP contribution in [0.15, 0.2) is 18.3 Å². The molecule has 21 heavy (non-hydrogen) atoms. The second-order valence-corrected chi connectivity index (χ2v) is 6.40. The minimum Gasteiger partial charge on any atom is -0.480 e. The van der Waals surface area contributed by atoms with Crippen LogP contribution in [0.2, 0.25) is 0 Å². The van der Waals surface area contributed by atoms with Crippen LogP contribution in [-0.2, 0) is 26.1 Å². The third-order valence-electron chi connectivity index (χ3n) is 2.95. The summed E-state index contributed by atoms with van der Waals surface area (Å²) in [6.45, 7) is 2.90. The summed E-state index contributed by atoms with van der Waals surface area (Å²) < 4.78 is 30.3. The van der Waals surface area contributed by atoms with Crippen LogP contribution >= 0.6 is 0 Å². The summed E-state index contributed by atoms with van der Waals surface area (Å²) in [6.07, 6.45) is 1.58. The highest BCUT2D eigenvalue weighted by Gasteiger charge is 2.15. The molecule has 116 valence electrons. The van der Waals surface area contributed by atoms with Crippen LogP contribution in [0.25, 0.3) is 0 Å². The minimum atomic E-state index is -3.81. The number of sulfonamides is 1. The topological polar surface area (TPSA) is 109 Å². The van der Waals surface area contributed by atoms with Crippen LogP contribution in [0, 0.1) is 0 Å². The highest BCUT2D eigenvalue weighted by Crippen LogP contribution is 2.13. The Morgan fingerprint density at radius 3 is 2.67 bits per heavy atom. The molecule has 0 aliphatic carbocycles. The van der Waals surface area contributed by atoms with Gasteiger partial charge in [0.25, 0.3) is 0 Å². The molecule has 8 nitrogen and oxygen atoms in total. The van der Waals surface area contributed by atoms with Gasteiger partial charge in [0.05, 0.1) is 13.2 Å². The summed E-state index contributed by atoms with van der Waals surface area (Å²) in [5.74, 6) is -1.51. The molecule has 0 bridgehead atoms. The van der Waals surface area contributed by atoms with Gasteiger partial charge in [0, 0.05) is 25.8 Å². The number of aliphatic carboxylic acids is 1. The van der Waals surface area contributed by atoms with Crippen LogP contribution in [0.4, 0.5) is 5.82 Å². The number of hydrogen-bond acceptors (Lipinski definition) is 6. The molecular formula is C12H17N3O5S. The monoisotopic (exact) mass is 315 g/mol. The fourth-order valence-corrected chi connectivity index (χ4v) is 2.72. The molecule has 1 saturated heterocycles. The molecular weight excluding hydrogens is 298 g/mol. The van der Waals surface area contributed by atoms with E-state index in [2.05, 4.69) is 14.6 Å². The molecule has 2 N–H and O–H groups in total. The third-order valence-corrected chi connectivity index (χ3v) is 4.17. The van der Waals surface area contributed by atoms with Gasteiger partial charge in [-0.25, -0.2) is 18.1 Å². The molecule has 2 heterocycles. The number of carboxylic acid groups (broad SMARTS) is 1. The maximum Gasteiger partial charge on any atom is 0.320 e. The van der Waals surface area contributed by atoms with Crippen molar-refractivity contribution in [3.05, 3.63) is 23.9 Å². The number of carbonyl (C=O) groups is 1. The first-order valence-corrected chi connectivity index (χ1v) is 8.08. The van der Waals surface area contributed by atoms with Gasteiger partial charge in [-0.05, 0) is 11.6 Å². The number of nitrogens with zero attached hydrogens (tertiary/aromatic N) is 2. The summed E-state index contributed by atoms with van der Waals surface area (Å²) in [5.41, 5.74) is 0.668. The Kier molecular flexibility index (Phi) is 5.10. The minimum absolute atomic E-state index is 0.0198. The molecule has 1 aromatic rings. The lowest BCUT2D eigenvalue weighted by Gasteiger charge is -2.27. The van der Waals surface area contributed by atoms with Crippen molar-refractivity contribution in [2.45, 2.75) is 6.54 Å². The summed E-state index contributed by atoms with van der Waals surface area (Å²) in [7, 11) is -3.81. The highest BCUT2D eigenvalue weighted by molar-refractivity contribution is 7.90. The van der Waals surface area contributed by atoms with Gasteiger partial charge >= 0.3 is 5.97 Å². The zero-order valence-corrected chi connectivity index (χ0v) is 12.2. The van der Waals surface area contributed by atoms with E-state index in [-0.39, 0.29) is 6.54 Å². The van der Waals surface area contributed by atoms with Gasteiger partial charge < -0.3 is 14.7 Å². The maximum atomic E-state index is 11.4. The Morgan fingerprint density at radius 2 is 2.10 bits per heavy atom. The van der Waals surface area contributed by atoms with E-state index in [4.69, 9.17) is 9.84 Å². The van der Waals surface area contributed by atoms with Crippen LogP contribution in [0.5, 0.6) is 0 Å². The molecule has 9 heteroatoms. The van der Waals surface area contributed by atoms with Crippen LogP contribution in [-0.4, -0.2) is 56.5 Å². The number of rotatable bonds is 6. The molecule has 1 aromatic heterocycles. The van der Waals surface area contributed by atoms with Gasteiger partial charge in [-0.2, -0.15) is 0 Å². The molecule has 1 fully saturated rings. The van der Waals surface area contributed by atoms with Gasteiger partial charge in [0.2, 0.25) is 10.0 Å². The molecule has 0 spiro atoms. The van der Waals surface area contributed by atoms with E-state index >= 15 is 0 Å². The van der Waals surface area contributed by atoms with E-state index in [0.29, 0.717) is 18.8 Å². The van der Waals surface area contributed by atoms with Gasteiger partial charge in [-0.1, -0.05) is 6.07 Å². The summed E-state index contributed by atoms with van der Waals surface area (Å²) >= 11 is 0. The number of anilines is 1. The standard InChI is InChI=1S/C12H17N3O5S/c16-12(17)9-21(18,19)14-8-10-1-2-11(13-7-10)15-3-5-20-6-4-15/h1-2,7,14H,3-6,8-9H2,(H,16,17). The van der Waals surface area contributed by atoms with Gasteiger partial charge in [0.1, 0.15) is 5.82 Å². The second-order valence-electron chi connectivity index (χ2n) is 4.60. The van der Waals surface area contributed by atoms with E-state index in [1.165, 1.54) is 0 Å². The fourth-order valence-electron chi connectivity index (χ4n) is 1.91. The van der Waals surface area contributed by atoms with E-state index in [9.17, 15) is 13.2 Å². The Labute approximate surface area is 122 Å². The predicted molar refractivity (Wildman–Crippen MR) is 75.5 cm³/mol. The number of nitrogens with one attached hydrogen (secondary N) is 1. The second kappa shape index (κ2) is 6.83. The number of carboxylic acids is 1. The summed E-state index contributed by atoms with van der Waals surface area (Å²) in [6, 6.07) is 3.58. The average Bonchev–Trinajstić information content (AvgIpc) is 2.45. The lowest BCUT2D eigenvalue weighted by Crippen LogP contribution is -2.36. The van der Waals surface area contributed by atoms with Gasteiger partial charge in [0.15, 0.2) is 5.75 Å². The first-order valence-electron chi connectivity index (χ1n) is 6.43. The van der Waals surface area contributed by atoms with Gasteiger partial charge in [-0.3, -0.25) is 4.79 Å². The van der Waals surface area contributed by atoms with Crippen molar-refractivity contribution >= 4 is 21.8 Å². The van der Waals surface area contributed by atoms with Crippen molar-refractivity contribution in [3.8, 4) is 0 Å². The Morgan fingerprint density at radius 1 is 1.38 bits per heavy atom. The van der Waals surface area contributed by atoms with Crippen molar-refractivity contribution in [1.82, 2.24) is 9.71 Å². The lowest BCUT2D eigenvalue weighted by atomic mass is 10.3. The van der Waals surface area contributed by atoms with Crippen molar-refractivity contribution in [2.24, 2.45) is 0 Å². The fraction of sp³-hybridized carbons (Fsp3) is 0.500. The molecule has 1 aliphatic rings. The smallest absolute Gasteiger partial charge is 0.320 e. The van der Waals surface area contributed by atoms with Gasteiger partial charge in [-0.15, -0.1) is 0 Å². The molecule has 0 aromatic carbocycles. The van der Waals surface area contributed by atoms with Crippen molar-refractivity contribution < 1.29 is 23.1 Å².